The molecule has 0 aliphatic carbocycles. The average molecular weight is 292 g/mol. The fourth-order valence-electron chi connectivity index (χ4n) is 1.78. The number of carbonyl (C=O) groups is 2. The van der Waals surface area contributed by atoms with Crippen molar-refractivity contribution in [3.63, 3.8) is 0 Å². The van der Waals surface area contributed by atoms with Gasteiger partial charge in [0.2, 0.25) is 11.8 Å². The first-order valence-corrected chi connectivity index (χ1v) is 7.05. The van der Waals surface area contributed by atoms with Crippen molar-refractivity contribution < 1.29 is 9.59 Å². The highest BCUT2D eigenvalue weighted by Gasteiger charge is 2.11. The minimum absolute atomic E-state index is 0.00286. The minimum Gasteiger partial charge on any atom is -0.352 e. The molecule has 0 spiro atoms. The Morgan fingerprint density at radius 1 is 1.24 bits per heavy atom. The number of likely N-dealkylation sites (N-methyl/N-ethyl adjacent to an activating group) is 1. The van der Waals surface area contributed by atoms with E-state index in [-0.39, 0.29) is 11.8 Å². The Kier molecular flexibility index (Phi) is 7.39. The Hall–Kier alpha value is -1.95. The number of pyridine rings is 1. The average Bonchev–Trinajstić information content (AvgIpc) is 2.45. The van der Waals surface area contributed by atoms with Crippen molar-refractivity contribution in [1.29, 1.82) is 0 Å². The summed E-state index contributed by atoms with van der Waals surface area (Å²) in [6, 6.07) is 3.74. The standard InChI is InChI=1S/C15H24N4O2/c1-13(20)19(10-9-18(2)3)8-6-15(21)17-12-14-5-4-7-16-11-14/h4-5,7,11H,6,8-10,12H2,1-3H3,(H,17,21). The van der Waals surface area contributed by atoms with Crippen LogP contribution in [0, 0.1) is 0 Å². The van der Waals surface area contributed by atoms with Crippen LogP contribution in [0.4, 0.5) is 0 Å². The highest BCUT2D eigenvalue weighted by atomic mass is 16.2. The van der Waals surface area contributed by atoms with Crippen molar-refractivity contribution in [2.45, 2.75) is 19.9 Å². The molecular formula is C15H24N4O2. The van der Waals surface area contributed by atoms with Crippen LogP contribution >= 0.6 is 0 Å². The van der Waals surface area contributed by atoms with Gasteiger partial charge < -0.3 is 15.1 Å². The molecule has 6 nitrogen and oxygen atoms in total. The molecule has 0 aromatic carbocycles. The number of hydrogen-bond donors (Lipinski definition) is 1. The van der Waals surface area contributed by atoms with Gasteiger partial charge in [0, 0.05) is 51.9 Å². The second-order valence-corrected chi connectivity index (χ2v) is 5.20. The molecule has 0 atom stereocenters. The molecule has 1 rings (SSSR count). The summed E-state index contributed by atoms with van der Waals surface area (Å²) in [6.45, 7) is 3.87. The predicted octanol–water partition coefficient (Wildman–Crippen LogP) is 0.498. The highest BCUT2D eigenvalue weighted by molar-refractivity contribution is 5.78. The number of carbonyl (C=O) groups excluding carboxylic acids is 2. The van der Waals surface area contributed by atoms with Crippen LogP contribution < -0.4 is 5.32 Å². The van der Waals surface area contributed by atoms with Gasteiger partial charge in [0.05, 0.1) is 0 Å². The van der Waals surface area contributed by atoms with Crippen LogP contribution in [-0.4, -0.2) is 60.3 Å². The van der Waals surface area contributed by atoms with E-state index in [1.54, 1.807) is 17.3 Å². The second kappa shape index (κ2) is 9.07. The zero-order chi connectivity index (χ0) is 15.7. The van der Waals surface area contributed by atoms with Crippen LogP contribution in [0.15, 0.2) is 24.5 Å². The molecular weight excluding hydrogens is 268 g/mol. The van der Waals surface area contributed by atoms with Gasteiger partial charge in [-0.2, -0.15) is 0 Å². The maximum Gasteiger partial charge on any atom is 0.222 e. The van der Waals surface area contributed by atoms with E-state index in [1.165, 1.54) is 6.92 Å². The molecule has 0 saturated heterocycles. The van der Waals surface area contributed by atoms with Gasteiger partial charge in [-0.3, -0.25) is 14.6 Å². The molecule has 6 heteroatoms. The van der Waals surface area contributed by atoms with Gasteiger partial charge in [0.1, 0.15) is 0 Å². The monoisotopic (exact) mass is 292 g/mol. The summed E-state index contributed by atoms with van der Waals surface area (Å²) in [5, 5.41) is 2.83. The van der Waals surface area contributed by atoms with Crippen LogP contribution in [0.25, 0.3) is 0 Å². The lowest BCUT2D eigenvalue weighted by molar-refractivity contribution is -0.129. The number of nitrogens with zero attached hydrogens (tertiary/aromatic N) is 3. The smallest absolute Gasteiger partial charge is 0.222 e. The second-order valence-electron chi connectivity index (χ2n) is 5.20. The zero-order valence-corrected chi connectivity index (χ0v) is 13.0. The molecule has 1 aromatic rings. The molecule has 1 aromatic heterocycles. The summed E-state index contributed by atoms with van der Waals surface area (Å²) in [4.78, 5) is 31.0. The first-order chi connectivity index (χ1) is 9.99. The van der Waals surface area contributed by atoms with E-state index >= 15 is 0 Å². The van der Waals surface area contributed by atoms with E-state index in [9.17, 15) is 9.59 Å². The molecule has 2 amide bonds. The highest BCUT2D eigenvalue weighted by Crippen LogP contribution is 1.97. The van der Waals surface area contributed by atoms with Gasteiger partial charge >= 0.3 is 0 Å². The molecule has 0 saturated carbocycles. The van der Waals surface area contributed by atoms with Crippen LogP contribution in [0.5, 0.6) is 0 Å². The van der Waals surface area contributed by atoms with Gasteiger partial charge in [0.25, 0.3) is 0 Å². The fourth-order valence-corrected chi connectivity index (χ4v) is 1.78. The normalized spacial score (nSPS) is 10.5. The zero-order valence-electron chi connectivity index (χ0n) is 13.0. The molecule has 1 heterocycles. The lowest BCUT2D eigenvalue weighted by Crippen LogP contribution is -2.38. The first-order valence-electron chi connectivity index (χ1n) is 7.05. The van der Waals surface area contributed by atoms with Gasteiger partial charge in [-0.25, -0.2) is 0 Å². The first kappa shape index (κ1) is 17.1. The largest absolute Gasteiger partial charge is 0.352 e. The summed E-state index contributed by atoms with van der Waals surface area (Å²) in [6.07, 6.45) is 3.73. The van der Waals surface area contributed by atoms with E-state index in [2.05, 4.69) is 10.3 Å². The minimum atomic E-state index is -0.0602. The van der Waals surface area contributed by atoms with E-state index in [1.807, 2.05) is 31.1 Å². The van der Waals surface area contributed by atoms with Crippen LogP contribution in [0.3, 0.4) is 0 Å². The molecule has 116 valence electrons. The van der Waals surface area contributed by atoms with Gasteiger partial charge in [-0.1, -0.05) is 6.07 Å². The third-order valence-corrected chi connectivity index (χ3v) is 3.08. The summed E-state index contributed by atoms with van der Waals surface area (Å²) in [7, 11) is 3.91. The predicted molar refractivity (Wildman–Crippen MR) is 81.5 cm³/mol. The summed E-state index contributed by atoms with van der Waals surface area (Å²) in [5.74, 6) is -0.0631. The van der Waals surface area contributed by atoms with Crippen molar-refractivity contribution in [1.82, 2.24) is 20.1 Å². The van der Waals surface area contributed by atoms with Crippen molar-refractivity contribution in [3.05, 3.63) is 30.1 Å². The molecule has 21 heavy (non-hydrogen) atoms. The lowest BCUT2D eigenvalue weighted by atomic mass is 10.2. The number of hydrogen-bond acceptors (Lipinski definition) is 4. The van der Waals surface area contributed by atoms with Crippen molar-refractivity contribution in [2.24, 2.45) is 0 Å². The van der Waals surface area contributed by atoms with Crippen LogP contribution in [0.2, 0.25) is 0 Å². The molecule has 0 bridgehead atoms. The van der Waals surface area contributed by atoms with E-state index in [4.69, 9.17) is 0 Å². The Labute approximate surface area is 126 Å². The lowest BCUT2D eigenvalue weighted by Gasteiger charge is -2.22. The van der Waals surface area contributed by atoms with E-state index in [0.29, 0.717) is 26.1 Å². The maximum absolute atomic E-state index is 11.8. The number of rotatable bonds is 8. The maximum atomic E-state index is 11.8. The van der Waals surface area contributed by atoms with Crippen LogP contribution in [0.1, 0.15) is 18.9 Å². The van der Waals surface area contributed by atoms with Crippen molar-refractivity contribution >= 4 is 11.8 Å². The number of nitrogens with one attached hydrogen (secondary N) is 1. The number of amides is 2. The molecule has 1 N–H and O–H groups in total. The van der Waals surface area contributed by atoms with E-state index in [0.717, 1.165) is 12.1 Å². The fraction of sp³-hybridized carbons (Fsp3) is 0.533. The third kappa shape index (κ3) is 7.41. The Morgan fingerprint density at radius 2 is 2.00 bits per heavy atom. The molecule has 0 unspecified atom stereocenters. The van der Waals surface area contributed by atoms with Gasteiger partial charge in [0.15, 0.2) is 0 Å². The topological polar surface area (TPSA) is 65.5 Å². The Balaban J connectivity index is 2.31. The Morgan fingerprint density at radius 3 is 2.57 bits per heavy atom. The Bertz CT molecular complexity index is 448. The van der Waals surface area contributed by atoms with Crippen molar-refractivity contribution in [3.8, 4) is 0 Å². The molecule has 0 aliphatic rings. The van der Waals surface area contributed by atoms with Crippen molar-refractivity contribution in [2.75, 3.05) is 33.7 Å². The van der Waals surface area contributed by atoms with E-state index < -0.39 is 0 Å². The summed E-state index contributed by atoms with van der Waals surface area (Å²) in [5.41, 5.74) is 0.960. The number of aromatic nitrogens is 1. The van der Waals surface area contributed by atoms with Gasteiger partial charge in [-0.15, -0.1) is 0 Å². The quantitative estimate of drug-likeness (QED) is 0.758. The SMILES string of the molecule is CC(=O)N(CCC(=O)NCc1cccnc1)CCN(C)C. The summed E-state index contributed by atoms with van der Waals surface area (Å²) < 4.78 is 0. The molecule has 0 aliphatic heterocycles. The third-order valence-electron chi connectivity index (χ3n) is 3.08. The van der Waals surface area contributed by atoms with Crippen LogP contribution in [-0.2, 0) is 16.1 Å². The van der Waals surface area contributed by atoms with Gasteiger partial charge in [-0.05, 0) is 25.7 Å². The molecule has 0 fully saturated rings. The summed E-state index contributed by atoms with van der Waals surface area (Å²) >= 11 is 0. The molecule has 0 radical (unpaired) electrons.